The van der Waals surface area contributed by atoms with Crippen molar-refractivity contribution in [2.24, 2.45) is 7.05 Å². The topological polar surface area (TPSA) is 137 Å². The van der Waals surface area contributed by atoms with Crippen molar-refractivity contribution in [1.29, 1.82) is 0 Å². The van der Waals surface area contributed by atoms with Gasteiger partial charge in [0.1, 0.15) is 4.47 Å². The predicted molar refractivity (Wildman–Crippen MR) is 86.4 cm³/mol. The van der Waals surface area contributed by atoms with Gasteiger partial charge in [0.05, 0.1) is 23.5 Å². The molecule has 0 unspecified atom stereocenters. The number of aromatic nitrogens is 4. The van der Waals surface area contributed by atoms with Gasteiger partial charge in [0.25, 0.3) is 5.91 Å². The molecule has 0 radical (unpaired) electrons. The van der Waals surface area contributed by atoms with Gasteiger partial charge in [0.2, 0.25) is 5.91 Å². The minimum atomic E-state index is -0.619. The predicted octanol–water partition coefficient (Wildman–Crippen LogP) is 0.676. The molecule has 0 atom stereocenters. The van der Waals surface area contributed by atoms with Crippen LogP contribution in [0.15, 0.2) is 16.9 Å². The SMILES string of the molecule is CNC(=O)c1nn(C)cc1NC(=O)CCn1cc(Br)c([N+](=O)[O-])n1. The second-order valence-corrected chi connectivity index (χ2v) is 5.62. The summed E-state index contributed by atoms with van der Waals surface area (Å²) in [6.45, 7) is 0.147. The van der Waals surface area contributed by atoms with Gasteiger partial charge in [0, 0.05) is 26.7 Å². The molecule has 0 aromatic carbocycles. The summed E-state index contributed by atoms with van der Waals surface area (Å²) in [5.41, 5.74) is 0.389. The highest BCUT2D eigenvalue weighted by Gasteiger charge is 2.20. The molecule has 0 fully saturated rings. The molecular formula is C12H14BrN7O4. The van der Waals surface area contributed by atoms with Crippen LogP contribution in [0.4, 0.5) is 11.5 Å². The number of carbonyl (C=O) groups excluding carboxylic acids is 2. The van der Waals surface area contributed by atoms with Crippen molar-refractivity contribution in [3.63, 3.8) is 0 Å². The van der Waals surface area contributed by atoms with E-state index in [0.29, 0.717) is 0 Å². The van der Waals surface area contributed by atoms with Crippen molar-refractivity contribution in [2.45, 2.75) is 13.0 Å². The fraction of sp³-hybridized carbons (Fsp3) is 0.333. The molecule has 24 heavy (non-hydrogen) atoms. The molecule has 2 aromatic heterocycles. The Labute approximate surface area is 144 Å². The van der Waals surface area contributed by atoms with Crippen LogP contribution in [0.25, 0.3) is 0 Å². The Hall–Kier alpha value is -2.76. The molecule has 12 heteroatoms. The van der Waals surface area contributed by atoms with E-state index in [-0.39, 0.29) is 40.5 Å². The van der Waals surface area contributed by atoms with Crippen molar-refractivity contribution in [2.75, 3.05) is 12.4 Å². The van der Waals surface area contributed by atoms with Crippen LogP contribution < -0.4 is 10.6 Å². The normalized spacial score (nSPS) is 10.5. The first-order chi connectivity index (χ1) is 11.3. The van der Waals surface area contributed by atoms with E-state index in [1.54, 1.807) is 7.05 Å². The average molecular weight is 400 g/mol. The Morgan fingerprint density at radius 3 is 2.67 bits per heavy atom. The molecular weight excluding hydrogens is 386 g/mol. The molecule has 2 heterocycles. The molecule has 0 bridgehead atoms. The number of nitrogens with zero attached hydrogens (tertiary/aromatic N) is 5. The molecule has 0 aliphatic heterocycles. The maximum atomic E-state index is 12.0. The average Bonchev–Trinajstić information content (AvgIpc) is 3.07. The van der Waals surface area contributed by atoms with E-state index < -0.39 is 10.8 Å². The van der Waals surface area contributed by atoms with Crippen molar-refractivity contribution in [3.05, 3.63) is 32.7 Å². The summed E-state index contributed by atoms with van der Waals surface area (Å²) in [5.74, 6) is -1.11. The molecule has 128 valence electrons. The van der Waals surface area contributed by atoms with E-state index in [2.05, 4.69) is 36.8 Å². The summed E-state index contributed by atoms with van der Waals surface area (Å²) in [4.78, 5) is 33.8. The van der Waals surface area contributed by atoms with Gasteiger partial charge in [-0.2, -0.15) is 9.78 Å². The van der Waals surface area contributed by atoms with E-state index in [4.69, 9.17) is 0 Å². The number of amides is 2. The van der Waals surface area contributed by atoms with Gasteiger partial charge in [-0.3, -0.25) is 14.3 Å². The van der Waals surface area contributed by atoms with Crippen LogP contribution in [-0.4, -0.2) is 43.3 Å². The zero-order valence-electron chi connectivity index (χ0n) is 12.8. The first-order valence-electron chi connectivity index (χ1n) is 6.74. The van der Waals surface area contributed by atoms with Crippen LogP contribution in [0.5, 0.6) is 0 Å². The van der Waals surface area contributed by atoms with Gasteiger partial charge in [0.15, 0.2) is 5.69 Å². The maximum absolute atomic E-state index is 12.0. The third-order valence-electron chi connectivity index (χ3n) is 2.99. The van der Waals surface area contributed by atoms with Crippen LogP contribution in [-0.2, 0) is 18.4 Å². The van der Waals surface area contributed by atoms with Crippen molar-refractivity contribution in [3.8, 4) is 0 Å². The second-order valence-electron chi connectivity index (χ2n) is 4.76. The smallest absolute Gasteiger partial charge is 0.358 e. The molecule has 0 saturated carbocycles. The number of rotatable bonds is 6. The fourth-order valence-electron chi connectivity index (χ4n) is 1.92. The minimum Gasteiger partial charge on any atom is -0.358 e. The van der Waals surface area contributed by atoms with E-state index in [1.807, 2.05) is 0 Å². The zero-order valence-corrected chi connectivity index (χ0v) is 14.4. The Balaban J connectivity index is 2.00. The van der Waals surface area contributed by atoms with E-state index >= 15 is 0 Å². The highest BCUT2D eigenvalue weighted by Crippen LogP contribution is 2.22. The number of aryl methyl sites for hydroxylation is 2. The van der Waals surface area contributed by atoms with E-state index in [0.717, 1.165) is 0 Å². The van der Waals surface area contributed by atoms with Gasteiger partial charge >= 0.3 is 5.82 Å². The number of nitrogens with one attached hydrogen (secondary N) is 2. The summed E-state index contributed by atoms with van der Waals surface area (Å²) in [5, 5.41) is 23.5. The summed E-state index contributed by atoms with van der Waals surface area (Å²) in [6, 6.07) is 0. The summed E-state index contributed by atoms with van der Waals surface area (Å²) in [7, 11) is 3.09. The van der Waals surface area contributed by atoms with Gasteiger partial charge in [-0.05, 0) is 20.9 Å². The van der Waals surface area contributed by atoms with Crippen LogP contribution in [0.2, 0.25) is 0 Å². The van der Waals surface area contributed by atoms with E-state index in [9.17, 15) is 19.7 Å². The number of hydrogen-bond donors (Lipinski definition) is 2. The lowest BCUT2D eigenvalue weighted by Gasteiger charge is -2.03. The number of hydrogen-bond acceptors (Lipinski definition) is 6. The van der Waals surface area contributed by atoms with Crippen LogP contribution >= 0.6 is 15.9 Å². The minimum absolute atomic E-state index is 0.0212. The van der Waals surface area contributed by atoms with Crippen LogP contribution in [0.3, 0.4) is 0 Å². The fourth-order valence-corrected chi connectivity index (χ4v) is 2.38. The highest BCUT2D eigenvalue weighted by atomic mass is 79.9. The maximum Gasteiger partial charge on any atom is 0.404 e. The number of anilines is 1. The molecule has 11 nitrogen and oxygen atoms in total. The Morgan fingerprint density at radius 2 is 2.08 bits per heavy atom. The van der Waals surface area contributed by atoms with Gasteiger partial charge in [-0.15, -0.1) is 0 Å². The Morgan fingerprint density at radius 1 is 1.38 bits per heavy atom. The number of carbonyl (C=O) groups is 2. The van der Waals surface area contributed by atoms with Crippen molar-refractivity contribution in [1.82, 2.24) is 24.9 Å². The number of nitro groups is 1. The first kappa shape index (κ1) is 17.6. The molecule has 0 aliphatic rings. The summed E-state index contributed by atoms with van der Waals surface area (Å²) < 4.78 is 2.95. The lowest BCUT2D eigenvalue weighted by atomic mass is 10.3. The molecule has 0 spiro atoms. The second kappa shape index (κ2) is 7.21. The molecule has 2 N–H and O–H groups in total. The summed E-state index contributed by atoms with van der Waals surface area (Å²) >= 11 is 3.03. The van der Waals surface area contributed by atoms with Gasteiger partial charge in [-0.1, -0.05) is 0 Å². The largest absolute Gasteiger partial charge is 0.404 e. The van der Waals surface area contributed by atoms with Gasteiger partial charge in [-0.25, -0.2) is 0 Å². The monoisotopic (exact) mass is 399 g/mol. The van der Waals surface area contributed by atoms with E-state index in [1.165, 1.54) is 28.8 Å². The molecule has 2 rings (SSSR count). The van der Waals surface area contributed by atoms with Crippen molar-refractivity contribution >= 4 is 39.2 Å². The molecule has 0 saturated heterocycles. The van der Waals surface area contributed by atoms with Crippen LogP contribution in [0, 0.1) is 10.1 Å². The Kier molecular flexibility index (Phi) is 5.28. The van der Waals surface area contributed by atoms with Crippen LogP contribution in [0.1, 0.15) is 16.9 Å². The quantitative estimate of drug-likeness (QED) is 0.540. The van der Waals surface area contributed by atoms with Crippen molar-refractivity contribution < 1.29 is 14.5 Å². The summed E-state index contributed by atoms with van der Waals surface area (Å²) in [6.07, 6.45) is 2.95. The lowest BCUT2D eigenvalue weighted by Crippen LogP contribution is -2.22. The molecule has 0 aliphatic carbocycles. The Bertz CT molecular complexity index is 797. The highest BCUT2D eigenvalue weighted by molar-refractivity contribution is 9.10. The molecule has 2 aromatic rings. The third kappa shape index (κ3) is 3.95. The zero-order chi connectivity index (χ0) is 17.9. The standard InChI is InChI=1S/C12H14BrN7O4/c1-14-12(22)10-8(6-18(2)16-10)15-9(21)3-4-19-5-7(13)11(17-19)20(23)24/h5-6H,3-4H2,1-2H3,(H,14,22)(H,15,21). The van der Waals surface area contributed by atoms with Gasteiger partial charge < -0.3 is 20.7 Å². The lowest BCUT2D eigenvalue weighted by molar-refractivity contribution is -0.390. The molecule has 2 amide bonds. The third-order valence-corrected chi connectivity index (χ3v) is 3.54. The number of halogens is 1. The first-order valence-corrected chi connectivity index (χ1v) is 7.54.